The average molecular weight is 464 g/mol. The minimum atomic E-state index is -0.280. The summed E-state index contributed by atoms with van der Waals surface area (Å²) >= 11 is 0. The molecule has 8 heteroatoms. The number of benzene rings is 2. The third kappa shape index (κ3) is 5.17. The molecule has 0 saturated heterocycles. The number of nitrogens with zero attached hydrogens (tertiary/aromatic N) is 1. The smallest absolute Gasteiger partial charge is 0.318 e. The molecule has 0 radical (unpaired) electrons. The molecule has 3 aromatic rings. The van der Waals surface area contributed by atoms with Crippen LogP contribution in [0.2, 0.25) is 0 Å². The molecule has 2 N–H and O–H groups in total. The van der Waals surface area contributed by atoms with Crippen LogP contribution in [0.3, 0.4) is 0 Å². The van der Waals surface area contributed by atoms with Crippen LogP contribution in [0.15, 0.2) is 65.3 Å². The maximum Gasteiger partial charge on any atom is 0.318 e. The molecular weight excluding hydrogens is 434 g/mol. The van der Waals surface area contributed by atoms with Crippen LogP contribution in [0.25, 0.3) is 0 Å². The fourth-order valence-electron chi connectivity index (χ4n) is 4.23. The number of hydrogen-bond acceptors (Lipinski definition) is 5. The molecule has 1 atom stereocenters. The van der Waals surface area contributed by atoms with Gasteiger partial charge < -0.3 is 29.4 Å². The van der Waals surface area contributed by atoms with Gasteiger partial charge in [0, 0.05) is 19.5 Å². The van der Waals surface area contributed by atoms with Crippen molar-refractivity contribution < 1.29 is 23.5 Å². The van der Waals surface area contributed by atoms with Crippen LogP contribution in [0.1, 0.15) is 34.9 Å². The Morgan fingerprint density at radius 3 is 2.50 bits per heavy atom. The number of hydrogen-bond donors (Lipinski definition) is 2. The Morgan fingerprint density at radius 2 is 1.79 bits per heavy atom. The van der Waals surface area contributed by atoms with E-state index in [1.165, 1.54) is 0 Å². The fourth-order valence-corrected chi connectivity index (χ4v) is 4.23. The minimum Gasteiger partial charge on any atom is -0.493 e. The van der Waals surface area contributed by atoms with Gasteiger partial charge >= 0.3 is 6.03 Å². The minimum absolute atomic E-state index is 0.155. The monoisotopic (exact) mass is 463 g/mol. The Morgan fingerprint density at radius 1 is 1.03 bits per heavy atom. The second-order valence-corrected chi connectivity index (χ2v) is 8.00. The zero-order valence-corrected chi connectivity index (χ0v) is 19.4. The highest BCUT2D eigenvalue weighted by Crippen LogP contribution is 2.40. The predicted molar refractivity (Wildman–Crippen MR) is 127 cm³/mol. The highest BCUT2D eigenvalue weighted by molar-refractivity contribution is 5.79. The average Bonchev–Trinajstić information content (AvgIpc) is 3.40. The van der Waals surface area contributed by atoms with Crippen molar-refractivity contribution >= 4 is 11.9 Å². The van der Waals surface area contributed by atoms with Crippen LogP contribution in [0.5, 0.6) is 11.5 Å². The van der Waals surface area contributed by atoms with Crippen molar-refractivity contribution in [2.75, 3.05) is 27.3 Å². The molecule has 0 fully saturated rings. The molecule has 1 aromatic heterocycles. The van der Waals surface area contributed by atoms with Crippen LogP contribution >= 0.6 is 0 Å². The lowest BCUT2D eigenvalue weighted by atomic mass is 9.88. The van der Waals surface area contributed by atoms with Gasteiger partial charge in [-0.2, -0.15) is 0 Å². The molecule has 0 bridgehead atoms. The van der Waals surface area contributed by atoms with E-state index in [0.29, 0.717) is 36.8 Å². The van der Waals surface area contributed by atoms with Crippen molar-refractivity contribution in [3.63, 3.8) is 0 Å². The zero-order chi connectivity index (χ0) is 23.9. The summed E-state index contributed by atoms with van der Waals surface area (Å²) in [4.78, 5) is 27.2. The SMILES string of the molecule is COc1cc2c(cc1OC)[C@@H](c1ccccc1)N(C(=O)NCCC(=O)NCc1ccco1)CC2. The van der Waals surface area contributed by atoms with Gasteiger partial charge in [-0.25, -0.2) is 4.79 Å². The standard InChI is InChI=1S/C26H29N3O5/c1-32-22-15-19-11-13-29(25(18-7-4-3-5-8-18)21(19)16-23(22)33-2)26(31)27-12-10-24(30)28-17-20-9-6-14-34-20/h3-9,14-16,25H,10-13,17H2,1-2H3,(H,27,31)(H,28,30)/t25-/m1/s1. The molecule has 3 amide bonds. The maximum absolute atomic E-state index is 13.2. The maximum atomic E-state index is 13.2. The second kappa shape index (κ2) is 10.8. The number of amides is 3. The first-order chi connectivity index (χ1) is 16.6. The number of fused-ring (bicyclic) bond motifs is 1. The molecule has 0 saturated carbocycles. The van der Waals surface area contributed by atoms with E-state index in [9.17, 15) is 9.59 Å². The van der Waals surface area contributed by atoms with E-state index in [0.717, 1.165) is 16.7 Å². The van der Waals surface area contributed by atoms with E-state index in [2.05, 4.69) is 10.6 Å². The Hall–Kier alpha value is -3.94. The number of carbonyl (C=O) groups excluding carboxylic acids is 2. The summed E-state index contributed by atoms with van der Waals surface area (Å²) in [5.41, 5.74) is 3.12. The number of carbonyl (C=O) groups is 2. The Bertz CT molecular complexity index is 1110. The predicted octanol–water partition coefficient (Wildman–Crippen LogP) is 3.66. The number of urea groups is 1. The Balaban J connectivity index is 1.47. The van der Waals surface area contributed by atoms with Crippen molar-refractivity contribution in [3.8, 4) is 11.5 Å². The van der Waals surface area contributed by atoms with Gasteiger partial charge in [0.15, 0.2) is 11.5 Å². The van der Waals surface area contributed by atoms with Crippen molar-refractivity contribution in [2.24, 2.45) is 0 Å². The third-order valence-electron chi connectivity index (χ3n) is 5.92. The molecule has 2 heterocycles. The van der Waals surface area contributed by atoms with Gasteiger partial charge in [-0.15, -0.1) is 0 Å². The molecule has 2 aromatic carbocycles. The van der Waals surface area contributed by atoms with Gasteiger partial charge in [-0.1, -0.05) is 30.3 Å². The van der Waals surface area contributed by atoms with Crippen molar-refractivity contribution in [1.82, 2.24) is 15.5 Å². The largest absolute Gasteiger partial charge is 0.493 e. The van der Waals surface area contributed by atoms with Gasteiger partial charge in [-0.3, -0.25) is 4.79 Å². The Labute approximate surface area is 198 Å². The normalized spacial score (nSPS) is 14.8. The topological polar surface area (TPSA) is 93.0 Å². The second-order valence-electron chi connectivity index (χ2n) is 8.00. The molecule has 8 nitrogen and oxygen atoms in total. The summed E-state index contributed by atoms with van der Waals surface area (Å²) in [5.74, 6) is 1.82. The fraction of sp³-hybridized carbons (Fsp3) is 0.308. The zero-order valence-electron chi connectivity index (χ0n) is 19.4. The van der Waals surface area contributed by atoms with Gasteiger partial charge in [0.2, 0.25) is 5.91 Å². The lowest BCUT2D eigenvalue weighted by Crippen LogP contribution is -2.46. The van der Waals surface area contributed by atoms with Crippen LogP contribution in [0, 0.1) is 0 Å². The Kier molecular flexibility index (Phi) is 7.37. The number of rotatable bonds is 8. The highest BCUT2D eigenvalue weighted by atomic mass is 16.5. The van der Waals surface area contributed by atoms with Crippen molar-refractivity contribution in [1.29, 1.82) is 0 Å². The molecule has 4 rings (SSSR count). The summed E-state index contributed by atoms with van der Waals surface area (Å²) in [6.07, 6.45) is 2.43. The molecule has 0 aliphatic carbocycles. The number of methoxy groups -OCH3 is 2. The van der Waals surface area contributed by atoms with Crippen LogP contribution < -0.4 is 20.1 Å². The van der Waals surface area contributed by atoms with Crippen LogP contribution in [0.4, 0.5) is 4.79 Å². The number of nitrogens with one attached hydrogen (secondary N) is 2. The molecule has 0 unspecified atom stereocenters. The van der Waals surface area contributed by atoms with E-state index in [1.807, 2.05) is 47.4 Å². The van der Waals surface area contributed by atoms with Gasteiger partial charge in [0.25, 0.3) is 0 Å². The third-order valence-corrected chi connectivity index (χ3v) is 5.92. The van der Waals surface area contributed by atoms with E-state index >= 15 is 0 Å². The number of furan rings is 1. The number of ether oxygens (including phenoxy) is 2. The van der Waals surface area contributed by atoms with Gasteiger partial charge in [0.05, 0.1) is 33.1 Å². The summed E-state index contributed by atoms with van der Waals surface area (Å²) in [6.45, 7) is 1.10. The molecule has 178 valence electrons. The van der Waals surface area contributed by atoms with Crippen LogP contribution in [-0.4, -0.2) is 44.1 Å². The molecule has 1 aliphatic heterocycles. The lowest BCUT2D eigenvalue weighted by molar-refractivity contribution is -0.121. The molecule has 34 heavy (non-hydrogen) atoms. The summed E-state index contributed by atoms with van der Waals surface area (Å²) in [6, 6.07) is 16.9. The highest BCUT2D eigenvalue weighted by Gasteiger charge is 2.33. The van der Waals surface area contributed by atoms with Crippen LogP contribution in [-0.2, 0) is 17.8 Å². The lowest BCUT2D eigenvalue weighted by Gasteiger charge is -2.38. The summed E-state index contributed by atoms with van der Waals surface area (Å²) in [5, 5.41) is 5.69. The van der Waals surface area contributed by atoms with E-state index in [-0.39, 0.29) is 30.9 Å². The quantitative estimate of drug-likeness (QED) is 0.532. The molecular formula is C26H29N3O5. The molecule has 0 spiro atoms. The first-order valence-electron chi connectivity index (χ1n) is 11.2. The molecule has 1 aliphatic rings. The van der Waals surface area contributed by atoms with Gasteiger partial charge in [0.1, 0.15) is 5.76 Å². The van der Waals surface area contributed by atoms with Gasteiger partial charge in [-0.05, 0) is 47.4 Å². The first kappa shape index (κ1) is 23.2. The van der Waals surface area contributed by atoms with Crippen molar-refractivity contribution in [3.05, 3.63) is 83.3 Å². The first-order valence-corrected chi connectivity index (χ1v) is 11.2. The summed E-state index contributed by atoms with van der Waals surface area (Å²) < 4.78 is 16.2. The van der Waals surface area contributed by atoms with E-state index in [4.69, 9.17) is 13.9 Å². The van der Waals surface area contributed by atoms with E-state index in [1.54, 1.807) is 32.6 Å². The van der Waals surface area contributed by atoms with Crippen molar-refractivity contribution in [2.45, 2.75) is 25.4 Å². The summed E-state index contributed by atoms with van der Waals surface area (Å²) in [7, 11) is 3.22. The van der Waals surface area contributed by atoms with E-state index < -0.39 is 0 Å².